The molecule has 95 heavy (non-hydrogen) atoms. The minimum Gasteiger partial charge on any atom is -0.445 e. The highest BCUT2D eigenvalue weighted by Gasteiger charge is 2.56. The fraction of sp³-hybridized carbons (Fsp3) is 1.00. The fourth-order valence-electron chi connectivity index (χ4n) is 13.3. The standard InChI is InChI=1S/C47H66B18O30/c1-4-22-35(86-56)40(91-61)37(88-58)28(76-22)10-67-5-18-23(13-72-48)77-27(36(87-57)31(18)82-52)9-68-6-19-25(15-74-50)80-46(43(94-64)33(19)84-54)71-12-30-39(90-60)41(92-62)38(89-59)29(78-30)11-69-7-21-26(16-75-51)81-47(2,44(95-65)34(21)85-55)17-70-8-20-24(14-73-49)79-45(66-3)42(93-63)32(20)83-53/h18-46H,4-17H2,1-3H3. The maximum atomic E-state index is 6.56. The van der Waals surface area contributed by atoms with E-state index in [9.17, 15) is 0 Å². The lowest BCUT2D eigenvalue weighted by molar-refractivity contribution is -0.300. The van der Waals surface area contributed by atoms with Crippen molar-refractivity contribution in [3.8, 4) is 0 Å². The molecule has 0 N–H and O–H groups in total. The molecule has 0 amide bonds. The highest BCUT2D eigenvalue weighted by atomic mass is 16.7. The molecule has 6 aliphatic heterocycles. The van der Waals surface area contributed by atoms with Gasteiger partial charge in [-0.3, -0.25) is 0 Å². The molecule has 0 aromatic heterocycles. The first-order valence-electron chi connectivity index (χ1n) is 29.8. The monoisotopic (exact) mass is 1310 g/mol. The van der Waals surface area contributed by atoms with Gasteiger partial charge in [0.1, 0.15) is 42.2 Å². The molecule has 6 fully saturated rings. The third-order valence-corrected chi connectivity index (χ3v) is 18.0. The van der Waals surface area contributed by atoms with Gasteiger partial charge < -0.3 is 141 Å². The number of ether oxygens (including phenoxy) is 12. The predicted molar refractivity (Wildman–Crippen MR) is 333 cm³/mol. The highest BCUT2D eigenvalue weighted by molar-refractivity contribution is 6.02. The molecule has 488 valence electrons. The molecule has 0 aromatic rings. The van der Waals surface area contributed by atoms with Crippen LogP contribution >= 0.6 is 0 Å². The van der Waals surface area contributed by atoms with Gasteiger partial charge in [-0.1, -0.05) is 6.92 Å². The summed E-state index contributed by atoms with van der Waals surface area (Å²) in [6, 6.07) is 0. The third kappa shape index (κ3) is 20.5. The van der Waals surface area contributed by atoms with Crippen LogP contribution in [0.25, 0.3) is 0 Å². The molecule has 48 heteroatoms. The third-order valence-electron chi connectivity index (χ3n) is 18.0. The Balaban J connectivity index is 1.09. The van der Waals surface area contributed by atoms with Crippen molar-refractivity contribution in [2.75, 3.05) is 93.0 Å². The van der Waals surface area contributed by atoms with Crippen LogP contribution < -0.4 is 0 Å². The summed E-state index contributed by atoms with van der Waals surface area (Å²) in [5.74, 6) is -3.14. The van der Waals surface area contributed by atoms with Crippen molar-refractivity contribution >= 4 is 145 Å². The van der Waals surface area contributed by atoms with E-state index in [-0.39, 0.29) is 79.3 Å². The molecule has 0 bridgehead atoms. The van der Waals surface area contributed by atoms with Crippen molar-refractivity contribution in [1.82, 2.24) is 0 Å². The van der Waals surface area contributed by atoms with Crippen LogP contribution in [0.2, 0.25) is 0 Å². The molecule has 30 atom stereocenters. The Labute approximate surface area is 578 Å². The van der Waals surface area contributed by atoms with Crippen LogP contribution in [-0.2, 0) is 141 Å². The molecule has 6 aliphatic rings. The van der Waals surface area contributed by atoms with Gasteiger partial charge in [-0.15, -0.1) is 0 Å². The maximum absolute atomic E-state index is 6.56. The summed E-state index contributed by atoms with van der Waals surface area (Å²) >= 11 is 0. The minimum absolute atomic E-state index is 0.107. The lowest BCUT2D eigenvalue weighted by Crippen LogP contribution is -2.66. The summed E-state index contributed by atoms with van der Waals surface area (Å²) in [7, 11) is 105. The molecule has 6 saturated heterocycles. The molecule has 30 nitrogen and oxygen atoms in total. The van der Waals surface area contributed by atoms with Crippen molar-refractivity contribution in [3.05, 3.63) is 0 Å². The molecule has 0 spiro atoms. The number of rotatable bonds is 43. The topological polar surface area (TPSA) is 277 Å². The molecule has 0 saturated carbocycles. The van der Waals surface area contributed by atoms with Gasteiger partial charge in [0.2, 0.25) is 0 Å². The van der Waals surface area contributed by atoms with Crippen molar-refractivity contribution in [1.29, 1.82) is 0 Å². The highest BCUT2D eigenvalue weighted by Crippen LogP contribution is 2.40. The molecule has 6 heterocycles. The summed E-state index contributed by atoms with van der Waals surface area (Å²) < 4.78 is 169. The van der Waals surface area contributed by atoms with Gasteiger partial charge in [0.15, 0.2) is 12.6 Å². The zero-order valence-electron chi connectivity index (χ0n) is 52.8. The van der Waals surface area contributed by atoms with Crippen LogP contribution in [0.15, 0.2) is 0 Å². The van der Waals surface area contributed by atoms with E-state index in [2.05, 4.69) is 0 Å². The second-order valence-corrected chi connectivity index (χ2v) is 23.2. The number of hydrogen-bond donors (Lipinski definition) is 0. The number of hydrogen-bond acceptors (Lipinski definition) is 30. The van der Waals surface area contributed by atoms with E-state index < -0.39 is 189 Å². The Kier molecular flexibility index (Phi) is 38.2. The summed E-state index contributed by atoms with van der Waals surface area (Å²) in [6.07, 6.45) is -25.4. The second-order valence-electron chi connectivity index (χ2n) is 23.2. The van der Waals surface area contributed by atoms with Crippen molar-refractivity contribution in [2.24, 2.45) is 23.7 Å². The summed E-state index contributed by atoms with van der Waals surface area (Å²) in [6.45, 7) is 0.624. The van der Waals surface area contributed by atoms with Gasteiger partial charge in [0, 0.05) is 30.8 Å². The van der Waals surface area contributed by atoms with Crippen LogP contribution in [0.1, 0.15) is 20.3 Å². The van der Waals surface area contributed by atoms with Crippen molar-refractivity contribution < 1.29 is 141 Å². The minimum atomic E-state index is -1.43. The van der Waals surface area contributed by atoms with E-state index in [4.69, 9.17) is 286 Å². The van der Waals surface area contributed by atoms with Gasteiger partial charge >= 0.3 is 0 Å². The molecular formula is C47H66B18O30. The number of methoxy groups -OCH3 is 1. The molecule has 30 unspecified atom stereocenters. The fourth-order valence-corrected chi connectivity index (χ4v) is 13.3. The van der Waals surface area contributed by atoms with E-state index in [0.717, 1.165) is 0 Å². The molecule has 0 aliphatic carbocycles. The largest absolute Gasteiger partial charge is 0.445 e. The molecule has 6 rings (SSSR count). The first-order chi connectivity index (χ1) is 46.1. The SMILES string of the molecule is [B]OCC1OC(COCC2C(CO[B])OC(OCC3OC(COCC4C(CO[B])OC(C)(COCC5C(CO[B])OC(OC)C(O[B])C5O[B])C(O[B])C4O[B])C(O[B])C(O[B])C3O[B])C(O[B])C2O[B])C(O[B])C(O[B])C1COCC1OC(CC)C(O[B])C(O[B])C1O[B]. The van der Waals surface area contributed by atoms with Gasteiger partial charge in [0.25, 0.3) is 145 Å². The van der Waals surface area contributed by atoms with Crippen LogP contribution in [0.3, 0.4) is 0 Å². The molecular weight excluding hydrogens is 1240 g/mol. The van der Waals surface area contributed by atoms with Crippen molar-refractivity contribution in [3.63, 3.8) is 0 Å². The van der Waals surface area contributed by atoms with Gasteiger partial charge in [0.05, 0.1) is 190 Å². The van der Waals surface area contributed by atoms with E-state index in [1.807, 2.05) is 6.92 Å². The quantitative estimate of drug-likeness (QED) is 0.0513. The van der Waals surface area contributed by atoms with Crippen molar-refractivity contribution in [2.45, 2.75) is 179 Å². The average Bonchev–Trinajstić information content (AvgIpc) is 0.787. The second kappa shape index (κ2) is 43.3. The van der Waals surface area contributed by atoms with Crippen LogP contribution in [-0.4, -0.2) is 396 Å². The van der Waals surface area contributed by atoms with Crippen LogP contribution in [0.5, 0.6) is 0 Å². The van der Waals surface area contributed by atoms with E-state index in [1.165, 1.54) is 7.11 Å². The van der Waals surface area contributed by atoms with Crippen LogP contribution in [0.4, 0.5) is 0 Å². The Morgan fingerprint density at radius 1 is 0.284 bits per heavy atom. The van der Waals surface area contributed by atoms with E-state index in [0.29, 0.717) is 6.42 Å². The summed E-state index contributed by atoms with van der Waals surface area (Å²) in [5.41, 5.74) is -1.43. The lowest BCUT2D eigenvalue weighted by atomic mass is 9.80. The first kappa shape index (κ1) is 83.9. The Morgan fingerprint density at radius 2 is 0.600 bits per heavy atom. The van der Waals surface area contributed by atoms with Gasteiger partial charge in [-0.2, -0.15) is 0 Å². The smallest absolute Gasteiger partial charge is 0.283 e. The predicted octanol–water partition coefficient (Wildman–Crippen LogP) is -8.54. The first-order valence-corrected chi connectivity index (χ1v) is 29.8. The Morgan fingerprint density at radius 3 is 0.989 bits per heavy atom. The Bertz CT molecular complexity index is 2090. The summed E-state index contributed by atoms with van der Waals surface area (Å²) in [4.78, 5) is 0. The summed E-state index contributed by atoms with van der Waals surface area (Å²) in [5, 5.41) is 0. The van der Waals surface area contributed by atoms with Gasteiger partial charge in [-0.25, -0.2) is 0 Å². The lowest BCUT2D eigenvalue weighted by Gasteiger charge is -2.52. The van der Waals surface area contributed by atoms with Gasteiger partial charge in [-0.05, 0) is 13.3 Å². The zero-order chi connectivity index (χ0) is 69.4. The Hall–Kier alpha value is -0.0312. The van der Waals surface area contributed by atoms with Crippen LogP contribution in [0, 0.1) is 23.7 Å². The normalized spacial score (nSPS) is 41.8. The average molecular weight is 1310 g/mol. The van der Waals surface area contributed by atoms with E-state index >= 15 is 0 Å². The zero-order valence-corrected chi connectivity index (χ0v) is 52.8. The molecule has 36 radical (unpaired) electrons. The van der Waals surface area contributed by atoms with E-state index in [1.54, 1.807) is 6.92 Å². The molecule has 0 aromatic carbocycles. The maximum Gasteiger partial charge on any atom is 0.283 e.